The first-order chi connectivity index (χ1) is 15.4. The van der Waals surface area contributed by atoms with Crippen LogP contribution in [0.2, 0.25) is 0 Å². The summed E-state index contributed by atoms with van der Waals surface area (Å²) in [6.45, 7) is 10.3. The number of carbonyl (C=O) groups is 3. The Hall–Kier alpha value is -2.49. The van der Waals surface area contributed by atoms with Crippen molar-refractivity contribution in [1.82, 2.24) is 14.7 Å². The van der Waals surface area contributed by atoms with Gasteiger partial charge in [-0.15, -0.1) is 0 Å². The molecule has 0 unspecified atom stereocenters. The number of hydrogen-bond donors (Lipinski definition) is 0. The van der Waals surface area contributed by atoms with Gasteiger partial charge in [-0.2, -0.15) is 0 Å². The topological polar surface area (TPSA) is 88.6 Å². The van der Waals surface area contributed by atoms with Crippen LogP contribution in [0.3, 0.4) is 0 Å². The Morgan fingerprint density at radius 1 is 0.906 bits per heavy atom. The van der Waals surface area contributed by atoms with Gasteiger partial charge in [0.25, 0.3) is 5.91 Å². The van der Waals surface area contributed by atoms with Crippen molar-refractivity contribution in [1.29, 1.82) is 0 Å². The number of piperazine rings is 1. The van der Waals surface area contributed by atoms with Crippen LogP contribution in [0.15, 0.2) is 12.1 Å². The smallest absolute Gasteiger partial charge is 0.311 e. The Balaban J connectivity index is 1.64. The molecule has 3 aliphatic heterocycles. The molecule has 9 nitrogen and oxygen atoms in total. The molecule has 1 aromatic carbocycles. The van der Waals surface area contributed by atoms with Gasteiger partial charge in [-0.3, -0.25) is 24.2 Å². The Morgan fingerprint density at radius 3 is 2.16 bits per heavy atom. The van der Waals surface area contributed by atoms with E-state index in [0.717, 1.165) is 26.2 Å². The fourth-order valence-corrected chi connectivity index (χ4v) is 4.26. The van der Waals surface area contributed by atoms with Crippen LogP contribution in [0.4, 0.5) is 0 Å². The number of rotatable bonds is 4. The molecule has 0 radical (unpaired) electrons. The summed E-state index contributed by atoms with van der Waals surface area (Å²) in [4.78, 5) is 44.3. The standard InChI is InChI=1S/C23H31N3O6/c1-16(2)25-7-9-26(10-8-25)23(29)18-4-3-17(15-24-11-13-30-14-12-24)21-22(18)32-20(28)6-5-19(27)31-21/h3-4,16H,5-15H2,1-2H3. The molecule has 3 heterocycles. The number of carbonyl (C=O) groups excluding carboxylic acids is 3. The molecule has 0 N–H and O–H groups in total. The SMILES string of the molecule is CC(C)N1CCN(C(=O)c2ccc(CN3CCOCC3)c3c2OC(=O)CCC(=O)O3)CC1. The second-order valence-electron chi connectivity index (χ2n) is 8.69. The van der Waals surface area contributed by atoms with Crippen molar-refractivity contribution in [2.24, 2.45) is 0 Å². The number of ether oxygens (including phenoxy) is 3. The quantitative estimate of drug-likeness (QED) is 0.506. The lowest BCUT2D eigenvalue weighted by molar-refractivity contribution is -0.142. The van der Waals surface area contributed by atoms with Crippen LogP contribution >= 0.6 is 0 Å². The van der Waals surface area contributed by atoms with Crippen LogP contribution in [0.25, 0.3) is 0 Å². The van der Waals surface area contributed by atoms with E-state index in [-0.39, 0.29) is 35.8 Å². The van der Waals surface area contributed by atoms with Crippen molar-refractivity contribution in [3.8, 4) is 11.5 Å². The minimum atomic E-state index is -0.537. The van der Waals surface area contributed by atoms with E-state index in [1.807, 2.05) is 0 Å². The second-order valence-corrected chi connectivity index (χ2v) is 8.69. The van der Waals surface area contributed by atoms with E-state index in [1.165, 1.54) is 0 Å². The lowest BCUT2D eigenvalue weighted by Gasteiger charge is -2.37. The second kappa shape index (κ2) is 9.97. The Morgan fingerprint density at radius 2 is 1.53 bits per heavy atom. The predicted octanol–water partition coefficient (Wildman–Crippen LogP) is 1.29. The number of nitrogens with zero attached hydrogens (tertiary/aromatic N) is 3. The number of hydrogen-bond acceptors (Lipinski definition) is 8. The van der Waals surface area contributed by atoms with Gasteiger partial charge in [0.05, 0.1) is 31.6 Å². The highest BCUT2D eigenvalue weighted by Gasteiger charge is 2.31. The first-order valence-corrected chi connectivity index (χ1v) is 11.3. The predicted molar refractivity (Wildman–Crippen MR) is 116 cm³/mol. The Kier molecular flexibility index (Phi) is 7.07. The molecule has 4 rings (SSSR count). The van der Waals surface area contributed by atoms with Crippen molar-refractivity contribution in [2.75, 3.05) is 52.5 Å². The summed E-state index contributed by atoms with van der Waals surface area (Å²) in [6.07, 6.45) is -0.128. The minimum Gasteiger partial charge on any atom is -0.422 e. The molecular formula is C23H31N3O6. The van der Waals surface area contributed by atoms with Gasteiger partial charge in [-0.1, -0.05) is 6.07 Å². The first kappa shape index (κ1) is 22.7. The van der Waals surface area contributed by atoms with Crippen molar-refractivity contribution in [3.05, 3.63) is 23.3 Å². The van der Waals surface area contributed by atoms with Crippen LogP contribution in [-0.2, 0) is 20.9 Å². The lowest BCUT2D eigenvalue weighted by atomic mass is 10.0. The van der Waals surface area contributed by atoms with Gasteiger partial charge >= 0.3 is 11.9 Å². The zero-order chi connectivity index (χ0) is 22.7. The van der Waals surface area contributed by atoms with E-state index >= 15 is 0 Å². The fourth-order valence-electron chi connectivity index (χ4n) is 4.26. The highest BCUT2D eigenvalue weighted by atomic mass is 16.6. The molecule has 3 aliphatic rings. The fraction of sp³-hybridized carbons (Fsp3) is 0.609. The molecule has 2 saturated heterocycles. The lowest BCUT2D eigenvalue weighted by Crippen LogP contribution is -2.50. The van der Waals surface area contributed by atoms with Gasteiger partial charge in [-0.05, 0) is 19.9 Å². The minimum absolute atomic E-state index is 0.0510. The molecule has 1 amide bonds. The van der Waals surface area contributed by atoms with Crippen LogP contribution < -0.4 is 9.47 Å². The monoisotopic (exact) mass is 445 g/mol. The van der Waals surface area contributed by atoms with E-state index < -0.39 is 11.9 Å². The van der Waals surface area contributed by atoms with E-state index in [9.17, 15) is 14.4 Å². The van der Waals surface area contributed by atoms with Crippen molar-refractivity contribution in [2.45, 2.75) is 39.3 Å². The number of amides is 1. The summed E-state index contributed by atoms with van der Waals surface area (Å²) in [7, 11) is 0. The van der Waals surface area contributed by atoms with Crippen LogP contribution in [0, 0.1) is 0 Å². The largest absolute Gasteiger partial charge is 0.422 e. The van der Waals surface area contributed by atoms with E-state index in [0.29, 0.717) is 44.5 Å². The van der Waals surface area contributed by atoms with Gasteiger partial charge in [0, 0.05) is 57.4 Å². The third-order valence-electron chi connectivity index (χ3n) is 6.22. The van der Waals surface area contributed by atoms with Crippen molar-refractivity contribution < 1.29 is 28.6 Å². The number of esters is 2. The molecule has 32 heavy (non-hydrogen) atoms. The van der Waals surface area contributed by atoms with Crippen LogP contribution in [-0.4, -0.2) is 91.1 Å². The molecule has 2 fully saturated rings. The summed E-state index contributed by atoms with van der Waals surface area (Å²) < 4.78 is 16.6. The number of morpholine rings is 1. The third kappa shape index (κ3) is 5.11. The highest BCUT2D eigenvalue weighted by molar-refractivity contribution is 5.99. The molecule has 0 atom stereocenters. The average molecular weight is 446 g/mol. The first-order valence-electron chi connectivity index (χ1n) is 11.3. The van der Waals surface area contributed by atoms with E-state index in [2.05, 4.69) is 23.6 Å². The summed E-state index contributed by atoms with van der Waals surface area (Å²) in [6, 6.07) is 3.91. The Labute approximate surface area is 188 Å². The average Bonchev–Trinajstić information content (AvgIpc) is 2.79. The zero-order valence-corrected chi connectivity index (χ0v) is 18.8. The molecule has 9 heteroatoms. The zero-order valence-electron chi connectivity index (χ0n) is 18.8. The normalized spacial score (nSPS) is 20.9. The molecule has 0 bridgehead atoms. The maximum absolute atomic E-state index is 13.4. The van der Waals surface area contributed by atoms with Gasteiger partial charge in [-0.25, -0.2) is 0 Å². The maximum Gasteiger partial charge on any atom is 0.311 e. The Bertz CT molecular complexity index is 873. The van der Waals surface area contributed by atoms with E-state index in [1.54, 1.807) is 17.0 Å². The van der Waals surface area contributed by atoms with Gasteiger partial charge in [0.15, 0.2) is 11.5 Å². The molecule has 0 saturated carbocycles. The van der Waals surface area contributed by atoms with Gasteiger partial charge in [0.2, 0.25) is 0 Å². The molecule has 174 valence electrons. The summed E-state index contributed by atoms with van der Waals surface area (Å²) in [5.74, 6) is -1.01. The number of benzene rings is 1. The van der Waals surface area contributed by atoms with Gasteiger partial charge < -0.3 is 19.1 Å². The van der Waals surface area contributed by atoms with Gasteiger partial charge in [0.1, 0.15) is 0 Å². The van der Waals surface area contributed by atoms with Crippen molar-refractivity contribution >= 4 is 17.8 Å². The molecule has 0 spiro atoms. The van der Waals surface area contributed by atoms with E-state index in [4.69, 9.17) is 14.2 Å². The van der Waals surface area contributed by atoms with Crippen LogP contribution in [0.5, 0.6) is 11.5 Å². The molecular weight excluding hydrogens is 414 g/mol. The summed E-state index contributed by atoms with van der Waals surface area (Å²) >= 11 is 0. The molecule has 0 aliphatic carbocycles. The number of fused-ring (bicyclic) bond motifs is 1. The third-order valence-corrected chi connectivity index (χ3v) is 6.22. The van der Waals surface area contributed by atoms with Crippen LogP contribution in [0.1, 0.15) is 42.6 Å². The maximum atomic E-state index is 13.4. The highest BCUT2D eigenvalue weighted by Crippen LogP contribution is 2.38. The summed E-state index contributed by atoms with van der Waals surface area (Å²) in [5.41, 5.74) is 0.970. The van der Waals surface area contributed by atoms with Crippen molar-refractivity contribution in [3.63, 3.8) is 0 Å². The summed E-state index contributed by atoms with van der Waals surface area (Å²) in [5, 5.41) is 0. The molecule has 0 aromatic heterocycles. The molecule has 1 aromatic rings.